The maximum absolute atomic E-state index is 13.0. The predicted octanol–water partition coefficient (Wildman–Crippen LogP) is 8.18. The molecule has 8 nitrogen and oxygen atoms in total. The van der Waals surface area contributed by atoms with E-state index in [1.54, 1.807) is 11.8 Å². The molecule has 1 aromatic heterocycles. The van der Waals surface area contributed by atoms with Crippen LogP contribution in [0, 0.1) is 20.8 Å². The number of amidine groups is 1. The van der Waals surface area contributed by atoms with Gasteiger partial charge in [0.05, 0.1) is 5.69 Å². The zero-order valence-electron chi connectivity index (χ0n) is 26.4. The van der Waals surface area contributed by atoms with Gasteiger partial charge in [0.2, 0.25) is 0 Å². The highest BCUT2D eigenvalue weighted by atomic mass is 32.2. The Bertz CT molecular complexity index is 1680. The van der Waals surface area contributed by atoms with Crippen LogP contribution in [0.3, 0.4) is 0 Å². The van der Waals surface area contributed by atoms with Gasteiger partial charge in [-0.3, -0.25) is 0 Å². The summed E-state index contributed by atoms with van der Waals surface area (Å²) in [6.45, 7) is 10.5. The lowest BCUT2D eigenvalue weighted by molar-refractivity contribution is -0.274. The molecule has 2 atom stereocenters. The van der Waals surface area contributed by atoms with Gasteiger partial charge in [-0.25, -0.2) is 14.5 Å². The number of carbonyl (C=O) groups is 1. The van der Waals surface area contributed by atoms with Crippen molar-refractivity contribution in [1.29, 1.82) is 0 Å². The molecule has 0 spiro atoms. The number of carbonyl (C=O) groups excluding carboxylic acids is 1. The molecule has 2 unspecified atom stereocenters. The van der Waals surface area contributed by atoms with Crippen LogP contribution in [0.2, 0.25) is 0 Å². The van der Waals surface area contributed by atoms with E-state index in [1.165, 1.54) is 52.0 Å². The number of aromatic nitrogens is 3. The Hall–Kier alpha value is -4.32. The first-order chi connectivity index (χ1) is 21.9. The standard InChI is InChI=1S/C34H37F3N6O2S/c1-21-18-22(2)30(23(3)19-21)43-25(5)16-17-46-33(43)40-32(44)39-24(4)6-7-26-8-10-27(11-9-26)31-38-20-42(41-31)28-12-14-29(15-13-28)45-34(35,36)37/h8-15,18-20,24-25H,6-7,16-17H2,1-5H3,(H,39,44). The Morgan fingerprint density at radius 2 is 1.76 bits per heavy atom. The molecule has 4 aromatic rings. The first-order valence-electron chi connectivity index (χ1n) is 15.1. The van der Waals surface area contributed by atoms with Crippen molar-refractivity contribution in [2.75, 3.05) is 10.7 Å². The maximum atomic E-state index is 13.0. The molecule has 0 saturated carbocycles. The Kier molecular flexibility index (Phi) is 10.0. The molecule has 0 aliphatic carbocycles. The molecular weight excluding hydrogens is 613 g/mol. The van der Waals surface area contributed by atoms with Gasteiger partial charge in [0, 0.05) is 29.1 Å². The van der Waals surface area contributed by atoms with E-state index in [9.17, 15) is 18.0 Å². The third kappa shape index (κ3) is 8.28. The third-order valence-corrected chi connectivity index (χ3v) is 8.75. The fraction of sp³-hybridized carbons (Fsp3) is 0.353. The van der Waals surface area contributed by atoms with Crippen molar-refractivity contribution in [2.45, 2.75) is 72.3 Å². The van der Waals surface area contributed by atoms with E-state index >= 15 is 0 Å². The maximum Gasteiger partial charge on any atom is 0.573 e. The lowest BCUT2D eigenvalue weighted by Crippen LogP contribution is -2.43. The number of hydrogen-bond acceptors (Lipinski definition) is 5. The topological polar surface area (TPSA) is 84.6 Å². The van der Waals surface area contributed by atoms with E-state index in [-0.39, 0.29) is 23.9 Å². The number of thioether (sulfide) groups is 1. The van der Waals surface area contributed by atoms with Crippen molar-refractivity contribution >= 4 is 28.6 Å². The number of benzene rings is 3. The predicted molar refractivity (Wildman–Crippen MR) is 177 cm³/mol. The van der Waals surface area contributed by atoms with Gasteiger partial charge in [-0.1, -0.05) is 53.7 Å². The van der Waals surface area contributed by atoms with E-state index < -0.39 is 6.36 Å². The summed E-state index contributed by atoms with van der Waals surface area (Å²) in [6, 6.07) is 17.4. The molecule has 5 rings (SSSR count). The van der Waals surface area contributed by atoms with E-state index in [2.05, 4.69) is 69.9 Å². The molecule has 1 fully saturated rings. The molecule has 46 heavy (non-hydrogen) atoms. The summed E-state index contributed by atoms with van der Waals surface area (Å²) >= 11 is 1.62. The molecule has 0 bridgehead atoms. The van der Waals surface area contributed by atoms with E-state index in [4.69, 9.17) is 0 Å². The van der Waals surface area contributed by atoms with Gasteiger partial charge in [0.15, 0.2) is 11.0 Å². The summed E-state index contributed by atoms with van der Waals surface area (Å²) in [6.07, 6.45) is -0.730. The molecule has 242 valence electrons. The average Bonchev–Trinajstić information content (AvgIpc) is 3.47. The lowest BCUT2D eigenvalue weighted by Gasteiger charge is -2.37. The van der Waals surface area contributed by atoms with Crippen LogP contribution in [0.15, 0.2) is 72.0 Å². The normalized spacial score (nSPS) is 16.8. The largest absolute Gasteiger partial charge is 0.573 e. The molecule has 0 radical (unpaired) electrons. The number of anilines is 1. The minimum Gasteiger partial charge on any atom is -0.406 e. The van der Waals surface area contributed by atoms with Crippen molar-refractivity contribution in [3.05, 3.63) is 89.2 Å². The second-order valence-corrected chi connectivity index (χ2v) is 12.7. The average molecular weight is 651 g/mol. The molecule has 1 N–H and O–H groups in total. The van der Waals surface area contributed by atoms with Crippen LogP contribution >= 0.6 is 11.8 Å². The SMILES string of the molecule is Cc1cc(C)c(N2C(=NC(=O)NC(C)CCc3ccc(-c4ncn(-c5ccc(OC(F)(F)F)cc5)n4)cc3)SCCC2C)c(C)c1. The molecule has 12 heteroatoms. The minimum absolute atomic E-state index is 0.0795. The van der Waals surface area contributed by atoms with Crippen LogP contribution in [-0.2, 0) is 6.42 Å². The monoisotopic (exact) mass is 650 g/mol. The Balaban J connectivity index is 1.16. The summed E-state index contributed by atoms with van der Waals surface area (Å²) in [5, 5.41) is 8.23. The first kappa shape index (κ1) is 33.1. The number of nitrogens with zero attached hydrogens (tertiary/aromatic N) is 5. The molecule has 2 amide bonds. The number of amides is 2. The van der Waals surface area contributed by atoms with Gasteiger partial charge in [0.25, 0.3) is 0 Å². The van der Waals surface area contributed by atoms with Crippen LogP contribution in [0.1, 0.15) is 48.9 Å². The molecule has 3 aromatic carbocycles. The van der Waals surface area contributed by atoms with Gasteiger partial charge < -0.3 is 15.0 Å². The fourth-order valence-electron chi connectivity index (χ4n) is 5.59. The second kappa shape index (κ2) is 14.0. The quantitative estimate of drug-likeness (QED) is 0.207. The minimum atomic E-state index is -4.74. The Morgan fingerprint density at radius 1 is 1.09 bits per heavy atom. The first-order valence-corrected chi connectivity index (χ1v) is 16.1. The Labute approximate surface area is 271 Å². The number of halogens is 3. The van der Waals surface area contributed by atoms with Crippen LogP contribution in [0.25, 0.3) is 17.1 Å². The second-order valence-electron chi connectivity index (χ2n) is 11.6. The van der Waals surface area contributed by atoms with Crippen molar-refractivity contribution in [3.8, 4) is 22.8 Å². The van der Waals surface area contributed by atoms with Crippen molar-refractivity contribution in [1.82, 2.24) is 20.1 Å². The number of aliphatic imine (C=N–C) groups is 1. The third-order valence-electron chi connectivity index (χ3n) is 7.76. The number of nitrogens with one attached hydrogen (secondary N) is 1. The fourth-order valence-corrected chi connectivity index (χ4v) is 6.79. The number of hydrogen-bond donors (Lipinski definition) is 1. The highest BCUT2D eigenvalue weighted by molar-refractivity contribution is 8.14. The molecule has 2 heterocycles. The van der Waals surface area contributed by atoms with Crippen LogP contribution < -0.4 is 15.0 Å². The molecule has 1 saturated heterocycles. The van der Waals surface area contributed by atoms with E-state index in [0.29, 0.717) is 11.5 Å². The Morgan fingerprint density at radius 3 is 2.41 bits per heavy atom. The van der Waals surface area contributed by atoms with E-state index in [0.717, 1.165) is 47.0 Å². The number of urea groups is 1. The lowest BCUT2D eigenvalue weighted by atomic mass is 10.0. The van der Waals surface area contributed by atoms with Gasteiger partial charge in [-0.05, 0) is 94.8 Å². The van der Waals surface area contributed by atoms with Gasteiger partial charge >= 0.3 is 12.4 Å². The van der Waals surface area contributed by atoms with Crippen LogP contribution in [0.4, 0.5) is 23.7 Å². The number of alkyl halides is 3. The summed E-state index contributed by atoms with van der Waals surface area (Å²) in [7, 11) is 0. The summed E-state index contributed by atoms with van der Waals surface area (Å²) in [4.78, 5) is 24.1. The van der Waals surface area contributed by atoms with Gasteiger partial charge in [-0.2, -0.15) is 4.99 Å². The zero-order chi connectivity index (χ0) is 33.0. The zero-order valence-corrected chi connectivity index (χ0v) is 27.2. The van der Waals surface area contributed by atoms with Crippen LogP contribution in [-0.4, -0.2) is 50.2 Å². The summed E-state index contributed by atoms with van der Waals surface area (Å²) in [5.41, 5.74) is 7.16. The van der Waals surface area contributed by atoms with Crippen molar-refractivity contribution in [3.63, 3.8) is 0 Å². The molecule has 1 aliphatic rings. The molecule has 1 aliphatic heterocycles. The van der Waals surface area contributed by atoms with E-state index in [1.807, 2.05) is 31.2 Å². The number of ether oxygens (including phenoxy) is 1. The smallest absolute Gasteiger partial charge is 0.406 e. The van der Waals surface area contributed by atoms with Crippen LogP contribution in [0.5, 0.6) is 5.75 Å². The highest BCUT2D eigenvalue weighted by Gasteiger charge is 2.31. The summed E-state index contributed by atoms with van der Waals surface area (Å²) in [5.74, 6) is 1.10. The van der Waals surface area contributed by atoms with Crippen molar-refractivity contribution in [2.24, 2.45) is 4.99 Å². The van der Waals surface area contributed by atoms with Gasteiger partial charge in [0.1, 0.15) is 12.1 Å². The van der Waals surface area contributed by atoms with Crippen molar-refractivity contribution < 1.29 is 22.7 Å². The number of aryl methyl sites for hydroxylation is 4. The summed E-state index contributed by atoms with van der Waals surface area (Å²) < 4.78 is 42.7. The molecular formula is C34H37F3N6O2S. The highest BCUT2D eigenvalue weighted by Crippen LogP contribution is 2.34. The van der Waals surface area contributed by atoms with Gasteiger partial charge in [-0.15, -0.1) is 18.3 Å². The number of rotatable bonds is 8.